The van der Waals surface area contributed by atoms with E-state index >= 15 is 0 Å². The number of hydrogen-bond acceptors (Lipinski definition) is 3. The number of thiophene rings is 1. The summed E-state index contributed by atoms with van der Waals surface area (Å²) in [5.74, 6) is -0.0321. The predicted octanol–water partition coefficient (Wildman–Crippen LogP) is 1.45. The molecule has 0 saturated carbocycles. The summed E-state index contributed by atoms with van der Waals surface area (Å²) < 4.78 is 0. The molecule has 0 radical (unpaired) electrons. The fourth-order valence-electron chi connectivity index (χ4n) is 2.00. The van der Waals surface area contributed by atoms with Gasteiger partial charge in [0, 0.05) is 17.3 Å². The second kappa shape index (κ2) is 4.77. The highest BCUT2D eigenvalue weighted by Gasteiger charge is 2.22. The van der Waals surface area contributed by atoms with Gasteiger partial charge in [-0.05, 0) is 37.4 Å². The van der Waals surface area contributed by atoms with Crippen molar-refractivity contribution in [1.82, 2.24) is 4.90 Å². The number of hydrogen-bond donors (Lipinski definition) is 1. The molecule has 1 aromatic rings. The molecular formula is C11H16N2OS. The van der Waals surface area contributed by atoms with Crippen molar-refractivity contribution in [3.63, 3.8) is 0 Å². The Morgan fingerprint density at radius 3 is 2.80 bits per heavy atom. The highest BCUT2D eigenvalue weighted by molar-refractivity contribution is 7.09. The second-order valence-corrected chi connectivity index (χ2v) is 5.06. The molecule has 1 aliphatic rings. The van der Waals surface area contributed by atoms with Gasteiger partial charge in [-0.15, -0.1) is 11.3 Å². The SMILES string of the molecule is NC(=O)C1CCN(Cc2cccs2)CC1. The molecule has 1 saturated heterocycles. The highest BCUT2D eigenvalue weighted by atomic mass is 32.1. The number of carbonyl (C=O) groups is 1. The van der Waals surface area contributed by atoms with Crippen molar-refractivity contribution in [3.8, 4) is 0 Å². The van der Waals surface area contributed by atoms with Crippen LogP contribution in [0.25, 0.3) is 0 Å². The lowest BCUT2D eigenvalue weighted by molar-refractivity contribution is -0.123. The fourth-order valence-corrected chi connectivity index (χ4v) is 2.74. The van der Waals surface area contributed by atoms with Crippen LogP contribution < -0.4 is 5.73 Å². The van der Waals surface area contributed by atoms with Gasteiger partial charge < -0.3 is 5.73 Å². The molecule has 0 spiro atoms. The third-order valence-corrected chi connectivity index (χ3v) is 3.81. The molecule has 15 heavy (non-hydrogen) atoms. The van der Waals surface area contributed by atoms with Crippen molar-refractivity contribution in [1.29, 1.82) is 0 Å². The molecule has 1 fully saturated rings. The summed E-state index contributed by atoms with van der Waals surface area (Å²) in [7, 11) is 0. The zero-order chi connectivity index (χ0) is 10.7. The van der Waals surface area contributed by atoms with Gasteiger partial charge in [0.25, 0.3) is 0 Å². The van der Waals surface area contributed by atoms with Crippen LogP contribution in [0.5, 0.6) is 0 Å². The Balaban J connectivity index is 1.81. The lowest BCUT2D eigenvalue weighted by atomic mass is 9.96. The van der Waals surface area contributed by atoms with E-state index in [4.69, 9.17) is 5.73 Å². The Kier molecular flexibility index (Phi) is 3.38. The van der Waals surface area contributed by atoms with E-state index in [-0.39, 0.29) is 11.8 Å². The maximum absolute atomic E-state index is 11.0. The van der Waals surface area contributed by atoms with E-state index < -0.39 is 0 Å². The van der Waals surface area contributed by atoms with E-state index in [0.717, 1.165) is 32.5 Å². The third kappa shape index (κ3) is 2.79. The molecule has 2 rings (SSSR count). The lowest BCUT2D eigenvalue weighted by Gasteiger charge is -2.29. The van der Waals surface area contributed by atoms with Gasteiger partial charge in [0.1, 0.15) is 0 Å². The maximum Gasteiger partial charge on any atom is 0.220 e. The van der Waals surface area contributed by atoms with Crippen molar-refractivity contribution in [3.05, 3.63) is 22.4 Å². The number of carbonyl (C=O) groups excluding carboxylic acids is 1. The van der Waals surface area contributed by atoms with Crippen molar-refractivity contribution in [2.75, 3.05) is 13.1 Å². The van der Waals surface area contributed by atoms with Crippen LogP contribution in [0.3, 0.4) is 0 Å². The molecule has 3 nitrogen and oxygen atoms in total. The zero-order valence-electron chi connectivity index (χ0n) is 8.69. The zero-order valence-corrected chi connectivity index (χ0v) is 9.50. The summed E-state index contributed by atoms with van der Waals surface area (Å²) in [5.41, 5.74) is 5.29. The van der Waals surface area contributed by atoms with E-state index in [1.807, 2.05) is 0 Å². The smallest absolute Gasteiger partial charge is 0.220 e. The summed E-state index contributed by atoms with van der Waals surface area (Å²) >= 11 is 1.79. The molecule has 0 bridgehead atoms. The second-order valence-electron chi connectivity index (χ2n) is 4.03. The van der Waals surface area contributed by atoms with Gasteiger partial charge in [-0.25, -0.2) is 0 Å². The number of nitrogens with two attached hydrogens (primary N) is 1. The van der Waals surface area contributed by atoms with E-state index in [2.05, 4.69) is 22.4 Å². The first-order chi connectivity index (χ1) is 7.25. The minimum absolute atomic E-state index is 0.101. The van der Waals surface area contributed by atoms with Gasteiger partial charge in [-0.2, -0.15) is 0 Å². The number of likely N-dealkylation sites (tertiary alicyclic amines) is 1. The summed E-state index contributed by atoms with van der Waals surface area (Å²) in [5, 5.41) is 2.10. The van der Waals surface area contributed by atoms with Crippen LogP contribution in [0, 0.1) is 5.92 Å². The summed E-state index contributed by atoms with van der Waals surface area (Å²) in [6, 6.07) is 4.24. The summed E-state index contributed by atoms with van der Waals surface area (Å²) in [4.78, 5) is 14.8. The van der Waals surface area contributed by atoms with Crippen molar-refractivity contribution < 1.29 is 4.79 Å². The van der Waals surface area contributed by atoms with E-state index in [9.17, 15) is 4.79 Å². The highest BCUT2D eigenvalue weighted by Crippen LogP contribution is 2.20. The monoisotopic (exact) mass is 224 g/mol. The van der Waals surface area contributed by atoms with E-state index in [1.54, 1.807) is 11.3 Å². The fraction of sp³-hybridized carbons (Fsp3) is 0.545. The van der Waals surface area contributed by atoms with Gasteiger partial charge in [-0.3, -0.25) is 9.69 Å². The van der Waals surface area contributed by atoms with Gasteiger partial charge >= 0.3 is 0 Å². The van der Waals surface area contributed by atoms with E-state index in [0.29, 0.717) is 0 Å². The first kappa shape index (κ1) is 10.6. The number of nitrogens with zero attached hydrogens (tertiary/aromatic N) is 1. The molecule has 82 valence electrons. The minimum atomic E-state index is -0.134. The molecule has 1 amide bonds. The van der Waals surface area contributed by atoms with Gasteiger partial charge in [0.05, 0.1) is 0 Å². The van der Waals surface area contributed by atoms with Crippen molar-refractivity contribution in [2.45, 2.75) is 19.4 Å². The summed E-state index contributed by atoms with van der Waals surface area (Å²) in [6.07, 6.45) is 1.83. The third-order valence-electron chi connectivity index (χ3n) is 2.95. The molecule has 2 heterocycles. The average Bonchev–Trinajstić information content (AvgIpc) is 2.71. The number of rotatable bonds is 3. The van der Waals surface area contributed by atoms with Crippen molar-refractivity contribution >= 4 is 17.2 Å². The average molecular weight is 224 g/mol. The van der Waals surface area contributed by atoms with Gasteiger partial charge in [0.15, 0.2) is 0 Å². The Bertz CT molecular complexity index is 315. The van der Waals surface area contributed by atoms with Crippen LogP contribution in [0.1, 0.15) is 17.7 Å². The normalized spacial score (nSPS) is 19.2. The minimum Gasteiger partial charge on any atom is -0.369 e. The van der Waals surface area contributed by atoms with Gasteiger partial charge in [0.2, 0.25) is 5.91 Å². The van der Waals surface area contributed by atoms with Crippen LogP contribution in [0.2, 0.25) is 0 Å². The van der Waals surface area contributed by atoms with Crippen LogP contribution in [-0.2, 0) is 11.3 Å². The molecule has 2 N–H and O–H groups in total. The van der Waals surface area contributed by atoms with Crippen LogP contribution in [0.4, 0.5) is 0 Å². The quantitative estimate of drug-likeness (QED) is 0.844. The molecule has 0 atom stereocenters. The number of piperidine rings is 1. The molecule has 0 unspecified atom stereocenters. The molecule has 0 aromatic carbocycles. The van der Waals surface area contributed by atoms with Crippen LogP contribution in [0.15, 0.2) is 17.5 Å². The maximum atomic E-state index is 11.0. The molecule has 1 aliphatic heterocycles. The largest absolute Gasteiger partial charge is 0.369 e. The lowest BCUT2D eigenvalue weighted by Crippen LogP contribution is -2.37. The van der Waals surface area contributed by atoms with Gasteiger partial charge in [-0.1, -0.05) is 6.07 Å². The topological polar surface area (TPSA) is 46.3 Å². The number of primary amides is 1. The molecule has 1 aromatic heterocycles. The van der Waals surface area contributed by atoms with Crippen LogP contribution >= 0.6 is 11.3 Å². The Morgan fingerprint density at radius 2 is 2.27 bits per heavy atom. The Hall–Kier alpha value is -0.870. The Labute approximate surface area is 93.9 Å². The standard InChI is InChI=1S/C11H16N2OS/c12-11(14)9-3-5-13(6-4-9)8-10-2-1-7-15-10/h1-2,7,9H,3-6,8H2,(H2,12,14). The number of amides is 1. The van der Waals surface area contributed by atoms with E-state index in [1.165, 1.54) is 4.88 Å². The molecule has 0 aliphatic carbocycles. The Morgan fingerprint density at radius 1 is 1.53 bits per heavy atom. The molecule has 4 heteroatoms. The molecular weight excluding hydrogens is 208 g/mol. The first-order valence-electron chi connectivity index (χ1n) is 5.30. The first-order valence-corrected chi connectivity index (χ1v) is 6.18. The predicted molar refractivity (Wildman–Crippen MR) is 61.5 cm³/mol. The summed E-state index contributed by atoms with van der Waals surface area (Å²) in [6.45, 7) is 3.00. The van der Waals surface area contributed by atoms with Crippen LogP contribution in [-0.4, -0.2) is 23.9 Å². The van der Waals surface area contributed by atoms with Crippen molar-refractivity contribution in [2.24, 2.45) is 11.7 Å².